The van der Waals surface area contributed by atoms with Crippen molar-refractivity contribution in [1.82, 2.24) is 25.0 Å². The molecule has 0 saturated heterocycles. The van der Waals surface area contributed by atoms with Crippen LogP contribution in [0.4, 0.5) is 14.4 Å². The van der Waals surface area contributed by atoms with Gasteiger partial charge < -0.3 is 39.3 Å². The summed E-state index contributed by atoms with van der Waals surface area (Å²) in [7, 11) is 0. The molecule has 2 N–H and O–H groups in total. The van der Waals surface area contributed by atoms with E-state index in [2.05, 4.69) is 5.32 Å². The quantitative estimate of drug-likeness (QED) is 0.0881. The van der Waals surface area contributed by atoms with Crippen LogP contribution < -0.4 is 5.32 Å². The highest BCUT2D eigenvalue weighted by Crippen LogP contribution is 2.30. The normalized spacial score (nSPS) is 11.8. The number of fused-ring (bicyclic) bond motifs is 1. The molecule has 14 nitrogen and oxygen atoms in total. The van der Waals surface area contributed by atoms with Crippen molar-refractivity contribution in [3.05, 3.63) is 54.1 Å². The lowest BCUT2D eigenvalue weighted by molar-refractivity contribution is -0.141. The molecule has 0 fully saturated rings. The van der Waals surface area contributed by atoms with Gasteiger partial charge in [-0.3, -0.25) is 9.59 Å². The van der Waals surface area contributed by atoms with E-state index in [0.29, 0.717) is 65.0 Å². The summed E-state index contributed by atoms with van der Waals surface area (Å²) in [6.07, 6.45) is 0.125. The van der Waals surface area contributed by atoms with Crippen LogP contribution in [0.5, 0.6) is 0 Å². The highest BCUT2D eigenvalue weighted by atomic mass is 32.1. The molecule has 58 heavy (non-hydrogen) atoms. The first-order valence-electron chi connectivity index (χ1n) is 20.0. The molecule has 0 bridgehead atoms. The average Bonchev–Trinajstić information content (AvgIpc) is 3.54. The van der Waals surface area contributed by atoms with Crippen molar-refractivity contribution in [3.63, 3.8) is 0 Å². The van der Waals surface area contributed by atoms with Crippen LogP contribution in [0.2, 0.25) is 0 Å². The van der Waals surface area contributed by atoms with E-state index in [4.69, 9.17) is 19.2 Å². The van der Waals surface area contributed by atoms with E-state index in [1.807, 2.05) is 48.5 Å². The topological polar surface area (TPSA) is 168 Å². The molecule has 3 aromatic rings. The van der Waals surface area contributed by atoms with Crippen LogP contribution in [-0.2, 0) is 30.3 Å². The number of aromatic nitrogens is 1. The summed E-state index contributed by atoms with van der Waals surface area (Å²) >= 11 is 1.61. The predicted octanol–water partition coefficient (Wildman–Crippen LogP) is 8.72. The lowest BCUT2D eigenvalue weighted by atomic mass is 10.1. The number of hydrogen-bond acceptors (Lipinski definition) is 10. The van der Waals surface area contributed by atoms with Crippen molar-refractivity contribution < 1.29 is 43.3 Å². The second-order valence-corrected chi connectivity index (χ2v) is 18.2. The number of benzene rings is 2. The molecule has 1 heterocycles. The summed E-state index contributed by atoms with van der Waals surface area (Å²) in [5.74, 6) is -1.34. The molecule has 320 valence electrons. The number of aliphatic carboxylic acids is 1. The predicted molar refractivity (Wildman–Crippen MR) is 226 cm³/mol. The number of alkyl carbamates (subject to hydrolysis) is 1. The first-order chi connectivity index (χ1) is 27.1. The number of nitrogens with zero attached hydrogens (tertiary/aromatic N) is 4. The van der Waals surface area contributed by atoms with Gasteiger partial charge in [0.1, 0.15) is 21.8 Å². The van der Waals surface area contributed by atoms with Crippen LogP contribution in [0.1, 0.15) is 106 Å². The summed E-state index contributed by atoms with van der Waals surface area (Å²) in [6.45, 7) is 18.4. The first kappa shape index (κ1) is 47.5. The van der Waals surface area contributed by atoms with Crippen molar-refractivity contribution in [2.45, 2.75) is 124 Å². The first-order valence-corrected chi connectivity index (χ1v) is 20.8. The fourth-order valence-corrected chi connectivity index (χ4v) is 6.68. The van der Waals surface area contributed by atoms with Gasteiger partial charge in [-0.1, -0.05) is 36.4 Å². The van der Waals surface area contributed by atoms with E-state index in [-0.39, 0.29) is 25.3 Å². The van der Waals surface area contributed by atoms with E-state index < -0.39 is 41.1 Å². The molecule has 0 saturated carbocycles. The monoisotopic (exact) mass is 825 g/mol. The number of ether oxygens (including phenoxy) is 3. The molecule has 0 aliphatic carbocycles. The SMILES string of the molecule is CC(C)(C)OC(=O)NCCCN(CCCCN(CCCN(Cc1ccc(-c2nc3ccccc3s2)cc1)C(=O)CCC(=O)O)C(=O)OC(C)(C)C)C(=O)OC(C)(C)C. The summed E-state index contributed by atoms with van der Waals surface area (Å²) in [6, 6.07) is 15.8. The van der Waals surface area contributed by atoms with Crippen LogP contribution in [-0.4, -0.2) is 111 Å². The number of carboxylic acid groups (broad SMARTS) is 1. The second kappa shape index (κ2) is 21.7. The molecule has 4 amide bonds. The summed E-state index contributed by atoms with van der Waals surface area (Å²) < 4.78 is 17.8. The van der Waals surface area contributed by atoms with Crippen molar-refractivity contribution in [2.24, 2.45) is 0 Å². The highest BCUT2D eigenvalue weighted by molar-refractivity contribution is 7.21. The number of carbonyl (C=O) groups excluding carboxylic acids is 4. The third-order valence-electron chi connectivity index (χ3n) is 8.31. The van der Waals surface area contributed by atoms with Crippen molar-refractivity contribution in [3.8, 4) is 10.6 Å². The maximum absolute atomic E-state index is 13.4. The number of nitrogens with one attached hydrogen (secondary N) is 1. The van der Waals surface area contributed by atoms with Gasteiger partial charge in [0.15, 0.2) is 0 Å². The minimum atomic E-state index is -1.05. The summed E-state index contributed by atoms with van der Waals surface area (Å²) in [5.41, 5.74) is 0.740. The Morgan fingerprint density at radius 3 is 1.71 bits per heavy atom. The van der Waals surface area contributed by atoms with E-state index in [1.54, 1.807) is 88.4 Å². The van der Waals surface area contributed by atoms with Crippen molar-refractivity contribution in [2.75, 3.05) is 39.3 Å². The van der Waals surface area contributed by atoms with Crippen LogP contribution in [0.25, 0.3) is 20.8 Å². The zero-order valence-corrected chi connectivity index (χ0v) is 36.5. The Morgan fingerprint density at radius 1 is 0.655 bits per heavy atom. The molecule has 0 radical (unpaired) electrons. The number of rotatable bonds is 19. The van der Waals surface area contributed by atoms with Gasteiger partial charge in [-0.2, -0.15) is 0 Å². The van der Waals surface area contributed by atoms with Gasteiger partial charge in [-0.05, 0) is 106 Å². The van der Waals surface area contributed by atoms with Gasteiger partial charge >= 0.3 is 24.2 Å². The number of amides is 4. The molecule has 0 unspecified atom stereocenters. The number of carbonyl (C=O) groups is 5. The maximum Gasteiger partial charge on any atom is 0.410 e. The third kappa shape index (κ3) is 18.1. The molecule has 3 rings (SSSR count). The minimum absolute atomic E-state index is 0.139. The Hall–Kier alpha value is -4.92. The number of hydrogen-bond donors (Lipinski definition) is 2. The Labute approximate surface area is 347 Å². The molecule has 2 aromatic carbocycles. The Morgan fingerprint density at radius 2 is 1.17 bits per heavy atom. The van der Waals surface area contributed by atoms with Crippen molar-refractivity contribution >= 4 is 51.7 Å². The van der Waals surface area contributed by atoms with E-state index in [1.165, 1.54) is 0 Å². The lowest BCUT2D eigenvalue weighted by Gasteiger charge is -2.30. The van der Waals surface area contributed by atoms with E-state index in [0.717, 1.165) is 26.4 Å². The molecule has 0 aliphatic heterocycles. The maximum atomic E-state index is 13.4. The molecule has 0 aliphatic rings. The van der Waals surface area contributed by atoms with Crippen LogP contribution in [0.15, 0.2) is 48.5 Å². The summed E-state index contributed by atoms with van der Waals surface area (Å²) in [5, 5.41) is 12.9. The number of thiazole rings is 1. The molecule has 0 spiro atoms. The van der Waals surface area contributed by atoms with E-state index in [9.17, 15) is 29.1 Å². The van der Waals surface area contributed by atoms with E-state index >= 15 is 0 Å². The molecule has 0 atom stereocenters. The van der Waals surface area contributed by atoms with Gasteiger partial charge in [0.05, 0.1) is 16.6 Å². The number of carboxylic acids is 1. The number of unbranched alkanes of at least 4 members (excludes halogenated alkanes) is 1. The Balaban J connectivity index is 1.64. The number of para-hydroxylation sites is 1. The minimum Gasteiger partial charge on any atom is -0.481 e. The van der Waals surface area contributed by atoms with Gasteiger partial charge in [0, 0.05) is 57.8 Å². The van der Waals surface area contributed by atoms with Crippen LogP contribution >= 0.6 is 11.3 Å². The Kier molecular flexibility index (Phi) is 17.8. The van der Waals surface area contributed by atoms with Crippen LogP contribution in [0.3, 0.4) is 0 Å². The molecule has 15 heteroatoms. The smallest absolute Gasteiger partial charge is 0.410 e. The summed E-state index contributed by atoms with van der Waals surface area (Å²) in [4.78, 5) is 72.8. The molecular weight excluding hydrogens is 763 g/mol. The van der Waals surface area contributed by atoms with Gasteiger partial charge in [-0.15, -0.1) is 11.3 Å². The molecule has 1 aromatic heterocycles. The average molecular weight is 826 g/mol. The third-order valence-corrected chi connectivity index (χ3v) is 9.40. The highest BCUT2D eigenvalue weighted by Gasteiger charge is 2.25. The van der Waals surface area contributed by atoms with Crippen LogP contribution in [0, 0.1) is 0 Å². The Bertz CT molecular complexity index is 1780. The zero-order chi connectivity index (χ0) is 43.1. The fourth-order valence-electron chi connectivity index (χ4n) is 5.71. The zero-order valence-electron chi connectivity index (χ0n) is 35.7. The standard InChI is InChI=1S/C43H63N5O9S/c1-41(2,3)55-38(52)44-24-14-27-46(39(53)56-42(4,5)6)25-12-13-26-47(40(54)57-43(7,8)9)28-15-29-48(35(49)22-23-36(50)51)30-31-18-20-32(21-19-31)37-45-33-16-10-11-17-34(33)58-37/h10-11,16-21H,12-15,22-30H2,1-9H3,(H,44,52)(H,50,51). The lowest BCUT2D eigenvalue weighted by Crippen LogP contribution is -2.41. The largest absolute Gasteiger partial charge is 0.481 e. The van der Waals surface area contributed by atoms with Gasteiger partial charge in [0.2, 0.25) is 5.91 Å². The molecular formula is C43H63N5O9S. The second-order valence-electron chi connectivity index (χ2n) is 17.2. The van der Waals surface area contributed by atoms with Gasteiger partial charge in [-0.25, -0.2) is 19.4 Å². The van der Waals surface area contributed by atoms with Gasteiger partial charge in [0.25, 0.3) is 0 Å². The van der Waals surface area contributed by atoms with Crippen molar-refractivity contribution in [1.29, 1.82) is 0 Å². The fraction of sp³-hybridized carbons (Fsp3) is 0.581.